The van der Waals surface area contributed by atoms with Gasteiger partial charge in [0.25, 0.3) is 0 Å². The lowest BCUT2D eigenvalue weighted by Crippen LogP contribution is -2.29. The Morgan fingerprint density at radius 3 is 2.81 bits per heavy atom. The summed E-state index contributed by atoms with van der Waals surface area (Å²) in [5, 5.41) is 17.2. The molecule has 1 aromatic heterocycles. The van der Waals surface area contributed by atoms with E-state index in [1.165, 1.54) is 5.56 Å². The number of aryl methyl sites for hydroxylation is 1. The minimum Gasteiger partial charge on any atom is -0.481 e. The highest BCUT2D eigenvalue weighted by Crippen LogP contribution is 2.31. The highest BCUT2D eigenvalue weighted by molar-refractivity contribution is 5.70. The molecule has 21 heavy (non-hydrogen) atoms. The van der Waals surface area contributed by atoms with Crippen molar-refractivity contribution in [2.75, 3.05) is 6.54 Å². The monoisotopic (exact) mass is 293 g/mol. The number of hydrogen-bond acceptors (Lipinski definition) is 3. The van der Waals surface area contributed by atoms with Gasteiger partial charge in [0, 0.05) is 30.8 Å². The molecule has 1 aliphatic rings. The molecule has 1 aromatic rings. The molecule has 5 nitrogen and oxygen atoms in total. The van der Waals surface area contributed by atoms with Crippen LogP contribution >= 0.6 is 0 Å². The number of aromatic nitrogens is 2. The molecule has 2 N–H and O–H groups in total. The largest absolute Gasteiger partial charge is 0.481 e. The van der Waals surface area contributed by atoms with Gasteiger partial charge in [-0.1, -0.05) is 27.2 Å². The molecule has 1 aliphatic carbocycles. The van der Waals surface area contributed by atoms with E-state index in [9.17, 15) is 9.90 Å². The van der Waals surface area contributed by atoms with Gasteiger partial charge in [-0.25, -0.2) is 0 Å². The quantitative estimate of drug-likeness (QED) is 0.874. The summed E-state index contributed by atoms with van der Waals surface area (Å²) in [6.07, 6.45) is 4.92. The molecule has 0 radical (unpaired) electrons. The Hall–Kier alpha value is -1.36. The van der Waals surface area contributed by atoms with E-state index in [4.69, 9.17) is 0 Å². The topological polar surface area (TPSA) is 67.2 Å². The highest BCUT2D eigenvalue weighted by Gasteiger charge is 2.32. The van der Waals surface area contributed by atoms with Crippen molar-refractivity contribution in [1.82, 2.24) is 15.1 Å². The minimum absolute atomic E-state index is 0.0230. The SMILES string of the molecule is Cn1cc(CNCC2CCCC2C(=O)O)c(C(C)(C)C)n1. The molecule has 0 aromatic carbocycles. The molecule has 0 bridgehead atoms. The van der Waals surface area contributed by atoms with Gasteiger partial charge in [-0.2, -0.15) is 5.10 Å². The van der Waals surface area contributed by atoms with E-state index in [-0.39, 0.29) is 17.3 Å². The average Bonchev–Trinajstić information content (AvgIpc) is 2.95. The molecule has 5 heteroatoms. The van der Waals surface area contributed by atoms with Crippen molar-refractivity contribution in [3.8, 4) is 0 Å². The van der Waals surface area contributed by atoms with Gasteiger partial charge in [-0.3, -0.25) is 9.48 Å². The van der Waals surface area contributed by atoms with E-state index in [0.717, 1.165) is 38.0 Å². The second-order valence-electron chi connectivity index (χ2n) is 7.19. The normalized spacial score (nSPS) is 22.7. The van der Waals surface area contributed by atoms with Crippen LogP contribution in [0.15, 0.2) is 6.20 Å². The van der Waals surface area contributed by atoms with Crippen LogP contribution in [0, 0.1) is 11.8 Å². The fraction of sp³-hybridized carbons (Fsp3) is 0.750. The summed E-state index contributed by atoms with van der Waals surface area (Å²) in [6, 6.07) is 0. The smallest absolute Gasteiger partial charge is 0.306 e. The molecule has 2 atom stereocenters. The Kier molecular flexibility index (Phi) is 4.71. The molecule has 118 valence electrons. The number of carbonyl (C=O) groups is 1. The third-order valence-corrected chi connectivity index (χ3v) is 4.31. The fourth-order valence-corrected chi connectivity index (χ4v) is 3.30. The van der Waals surface area contributed by atoms with Crippen LogP contribution in [-0.4, -0.2) is 27.4 Å². The molecular formula is C16H27N3O2. The van der Waals surface area contributed by atoms with Crippen molar-refractivity contribution in [1.29, 1.82) is 0 Å². The van der Waals surface area contributed by atoms with Crippen molar-refractivity contribution in [2.45, 2.75) is 52.0 Å². The van der Waals surface area contributed by atoms with Crippen LogP contribution in [0.25, 0.3) is 0 Å². The van der Waals surface area contributed by atoms with Gasteiger partial charge in [-0.15, -0.1) is 0 Å². The van der Waals surface area contributed by atoms with Gasteiger partial charge in [0.2, 0.25) is 0 Å². The van der Waals surface area contributed by atoms with Crippen LogP contribution in [0.3, 0.4) is 0 Å². The third kappa shape index (κ3) is 3.84. The van der Waals surface area contributed by atoms with Gasteiger partial charge in [0.1, 0.15) is 0 Å². The predicted molar refractivity (Wildman–Crippen MR) is 82.1 cm³/mol. The fourth-order valence-electron chi connectivity index (χ4n) is 3.30. The van der Waals surface area contributed by atoms with Crippen LogP contribution < -0.4 is 5.32 Å². The summed E-state index contributed by atoms with van der Waals surface area (Å²) in [5.41, 5.74) is 2.34. The summed E-state index contributed by atoms with van der Waals surface area (Å²) in [5.74, 6) is -0.554. The molecule has 2 unspecified atom stereocenters. The van der Waals surface area contributed by atoms with Crippen LogP contribution in [-0.2, 0) is 23.8 Å². The maximum absolute atomic E-state index is 11.2. The lowest BCUT2D eigenvalue weighted by Gasteiger charge is -2.19. The maximum atomic E-state index is 11.2. The van der Waals surface area contributed by atoms with E-state index < -0.39 is 5.97 Å². The summed E-state index contributed by atoms with van der Waals surface area (Å²) >= 11 is 0. The van der Waals surface area contributed by atoms with Crippen LogP contribution in [0.1, 0.15) is 51.3 Å². The zero-order chi connectivity index (χ0) is 15.6. The van der Waals surface area contributed by atoms with Crippen molar-refractivity contribution in [3.63, 3.8) is 0 Å². The Labute approximate surface area is 126 Å². The minimum atomic E-state index is -0.643. The third-order valence-electron chi connectivity index (χ3n) is 4.31. The van der Waals surface area contributed by atoms with Crippen molar-refractivity contribution in [3.05, 3.63) is 17.5 Å². The summed E-state index contributed by atoms with van der Waals surface area (Å²) in [7, 11) is 1.94. The number of carboxylic acid groups (broad SMARTS) is 1. The number of hydrogen-bond donors (Lipinski definition) is 2. The first-order chi connectivity index (χ1) is 9.79. The summed E-state index contributed by atoms with van der Waals surface area (Å²) in [6.45, 7) is 8.02. The van der Waals surface area contributed by atoms with Gasteiger partial charge in [0.05, 0.1) is 11.6 Å². The zero-order valence-electron chi connectivity index (χ0n) is 13.5. The van der Waals surface area contributed by atoms with E-state index in [1.807, 2.05) is 11.7 Å². The molecule has 0 aliphatic heterocycles. The van der Waals surface area contributed by atoms with E-state index in [0.29, 0.717) is 0 Å². The first-order valence-corrected chi connectivity index (χ1v) is 7.75. The number of rotatable bonds is 5. The first-order valence-electron chi connectivity index (χ1n) is 7.75. The second kappa shape index (κ2) is 6.18. The Balaban J connectivity index is 1.94. The summed E-state index contributed by atoms with van der Waals surface area (Å²) < 4.78 is 1.85. The molecular weight excluding hydrogens is 266 g/mol. The number of nitrogens with one attached hydrogen (secondary N) is 1. The Morgan fingerprint density at radius 1 is 1.48 bits per heavy atom. The lowest BCUT2D eigenvalue weighted by atomic mass is 9.89. The van der Waals surface area contributed by atoms with Crippen molar-refractivity contribution >= 4 is 5.97 Å². The predicted octanol–water partition coefficient (Wildman–Crippen LogP) is 2.31. The van der Waals surface area contributed by atoms with Crippen LogP contribution in [0.4, 0.5) is 0 Å². The number of aliphatic carboxylic acids is 1. The molecule has 2 rings (SSSR count). The molecule has 1 saturated carbocycles. The summed E-state index contributed by atoms with van der Waals surface area (Å²) in [4.78, 5) is 11.2. The van der Waals surface area contributed by atoms with Gasteiger partial charge in [0.15, 0.2) is 0 Å². The Bertz CT molecular complexity index is 502. The maximum Gasteiger partial charge on any atom is 0.306 e. The zero-order valence-corrected chi connectivity index (χ0v) is 13.5. The molecule has 1 fully saturated rings. The van der Waals surface area contributed by atoms with E-state index >= 15 is 0 Å². The van der Waals surface area contributed by atoms with E-state index in [1.54, 1.807) is 0 Å². The van der Waals surface area contributed by atoms with Gasteiger partial charge >= 0.3 is 5.97 Å². The Morgan fingerprint density at radius 2 is 2.19 bits per heavy atom. The van der Waals surface area contributed by atoms with Gasteiger partial charge < -0.3 is 10.4 Å². The second-order valence-corrected chi connectivity index (χ2v) is 7.19. The lowest BCUT2D eigenvalue weighted by molar-refractivity contribution is -0.142. The van der Waals surface area contributed by atoms with E-state index in [2.05, 4.69) is 37.4 Å². The first kappa shape index (κ1) is 16.0. The number of nitrogens with zero attached hydrogens (tertiary/aromatic N) is 2. The number of carboxylic acids is 1. The molecule has 0 saturated heterocycles. The molecule has 0 spiro atoms. The highest BCUT2D eigenvalue weighted by atomic mass is 16.4. The molecule has 1 heterocycles. The van der Waals surface area contributed by atoms with Gasteiger partial charge in [-0.05, 0) is 25.3 Å². The molecule has 0 amide bonds. The van der Waals surface area contributed by atoms with Crippen LogP contribution in [0.5, 0.6) is 0 Å². The van der Waals surface area contributed by atoms with Crippen molar-refractivity contribution < 1.29 is 9.90 Å². The standard InChI is InChI=1S/C16H27N3O2/c1-16(2,3)14-12(10-19(4)18-14)9-17-8-11-6-5-7-13(11)15(20)21/h10-11,13,17H,5-9H2,1-4H3,(H,20,21). The van der Waals surface area contributed by atoms with Crippen LogP contribution in [0.2, 0.25) is 0 Å². The average molecular weight is 293 g/mol. The van der Waals surface area contributed by atoms with Crippen molar-refractivity contribution in [2.24, 2.45) is 18.9 Å².